The van der Waals surface area contributed by atoms with E-state index in [1.165, 1.54) is 12.1 Å². The topological polar surface area (TPSA) is 106 Å². The maximum Gasteiger partial charge on any atom is 0.246 e. The molecule has 6 nitrogen and oxygen atoms in total. The first-order chi connectivity index (χ1) is 7.65. The Morgan fingerprint density at radius 3 is 2.35 bits per heavy atom. The molecule has 0 saturated carbocycles. The normalized spacial score (nSPS) is 12.4. The number of hydrogen-bond acceptors (Lipinski definition) is 4. The van der Waals surface area contributed by atoms with Crippen LogP contribution in [0.2, 0.25) is 0 Å². The second kappa shape index (κ2) is 4.81. The van der Waals surface area contributed by atoms with Crippen LogP contribution in [0.4, 0.5) is 5.69 Å². The number of primary sulfonamides is 1. The Morgan fingerprint density at radius 1 is 1.29 bits per heavy atom. The minimum absolute atomic E-state index is 0.0975. The lowest BCUT2D eigenvalue weighted by molar-refractivity contribution is 0.596. The molecule has 0 bridgehead atoms. The number of rotatable bonds is 4. The molecule has 0 unspecified atom stereocenters. The maximum absolute atomic E-state index is 11.2. The second-order valence-corrected chi connectivity index (χ2v) is 7.19. The van der Waals surface area contributed by atoms with Crippen LogP contribution in [0.1, 0.15) is 5.56 Å². The Labute approximate surface area is 105 Å². The number of nitrogens with two attached hydrogens (primary N) is 1. The van der Waals surface area contributed by atoms with Crippen molar-refractivity contribution in [3.8, 4) is 0 Å². The average molecular weight is 299 g/mol. The Bertz CT molecular complexity index is 625. The van der Waals surface area contributed by atoms with E-state index < -0.39 is 25.3 Å². The lowest BCUT2D eigenvalue weighted by Gasteiger charge is -2.08. The third-order valence-corrected chi connectivity index (χ3v) is 4.66. The largest absolute Gasteiger partial charge is 0.283 e. The highest BCUT2D eigenvalue weighted by Crippen LogP contribution is 2.19. The molecular formula is C8H11ClN2O4S2. The number of hydrogen-bond donors (Lipinski definition) is 2. The van der Waals surface area contributed by atoms with Gasteiger partial charge >= 0.3 is 0 Å². The molecule has 17 heavy (non-hydrogen) atoms. The third kappa shape index (κ3) is 3.84. The summed E-state index contributed by atoms with van der Waals surface area (Å²) in [5, 5.41) is 4.37. The van der Waals surface area contributed by atoms with Gasteiger partial charge in [0.25, 0.3) is 0 Å². The summed E-state index contributed by atoms with van der Waals surface area (Å²) >= 11 is 5.21. The van der Waals surface area contributed by atoms with Crippen LogP contribution in [0.25, 0.3) is 0 Å². The number of sulfonamides is 2. The summed E-state index contributed by atoms with van der Waals surface area (Å²) in [6, 6.07) is 4.02. The Balaban J connectivity index is 3.24. The standard InChI is InChI=1S/C8H11ClN2O4S2/c1-6-2-3-7(11-16(12,13)5-9)4-8(6)17(10,14)15/h2-4,11H,5H2,1H3,(H2,10,14,15). The van der Waals surface area contributed by atoms with Crippen molar-refractivity contribution < 1.29 is 16.8 Å². The van der Waals surface area contributed by atoms with Crippen LogP contribution in [0, 0.1) is 6.92 Å². The van der Waals surface area contributed by atoms with E-state index in [1.807, 2.05) is 0 Å². The van der Waals surface area contributed by atoms with E-state index in [0.29, 0.717) is 5.56 Å². The third-order valence-electron chi connectivity index (χ3n) is 1.91. The monoisotopic (exact) mass is 298 g/mol. The molecule has 9 heteroatoms. The highest BCUT2D eigenvalue weighted by atomic mass is 35.5. The van der Waals surface area contributed by atoms with E-state index in [-0.39, 0.29) is 10.6 Å². The molecule has 0 aromatic heterocycles. The minimum Gasteiger partial charge on any atom is -0.283 e. The first kappa shape index (κ1) is 14.2. The van der Waals surface area contributed by atoms with Gasteiger partial charge in [-0.15, -0.1) is 11.6 Å². The van der Waals surface area contributed by atoms with Gasteiger partial charge < -0.3 is 0 Å². The Kier molecular flexibility index (Phi) is 4.03. The summed E-state index contributed by atoms with van der Waals surface area (Å²) in [4.78, 5) is -0.132. The van der Waals surface area contributed by atoms with E-state index in [0.717, 1.165) is 6.07 Å². The number of nitrogens with one attached hydrogen (secondary N) is 1. The molecular weight excluding hydrogens is 288 g/mol. The fraction of sp³-hybridized carbons (Fsp3) is 0.250. The molecule has 0 heterocycles. The summed E-state index contributed by atoms with van der Waals surface area (Å²) < 4.78 is 46.9. The first-order valence-corrected chi connectivity index (χ1v) is 8.09. The van der Waals surface area contributed by atoms with Crippen LogP contribution in [-0.4, -0.2) is 22.0 Å². The quantitative estimate of drug-likeness (QED) is 0.793. The van der Waals surface area contributed by atoms with Gasteiger partial charge in [0.05, 0.1) is 4.90 Å². The lowest BCUT2D eigenvalue weighted by Crippen LogP contribution is -2.16. The number of benzene rings is 1. The summed E-state index contributed by atoms with van der Waals surface area (Å²) in [5.74, 6) is 0. The SMILES string of the molecule is Cc1ccc(NS(=O)(=O)CCl)cc1S(N)(=O)=O. The van der Waals surface area contributed by atoms with Crippen molar-refractivity contribution in [3.63, 3.8) is 0 Å². The maximum atomic E-state index is 11.2. The van der Waals surface area contributed by atoms with Gasteiger partial charge in [-0.05, 0) is 24.6 Å². The Morgan fingerprint density at radius 2 is 1.88 bits per heavy atom. The minimum atomic E-state index is -3.89. The molecule has 1 rings (SSSR count). The van der Waals surface area contributed by atoms with Crippen molar-refractivity contribution in [2.45, 2.75) is 11.8 Å². The molecule has 0 saturated heterocycles. The molecule has 0 radical (unpaired) electrons. The summed E-state index contributed by atoms with van der Waals surface area (Å²) in [5.41, 5.74) is 0.529. The van der Waals surface area contributed by atoms with Gasteiger partial charge in [-0.3, -0.25) is 4.72 Å². The van der Waals surface area contributed by atoms with Crippen molar-refractivity contribution in [1.82, 2.24) is 0 Å². The number of anilines is 1. The number of halogens is 1. The van der Waals surface area contributed by atoms with Gasteiger partial charge in [0, 0.05) is 5.69 Å². The van der Waals surface area contributed by atoms with E-state index in [2.05, 4.69) is 4.72 Å². The van der Waals surface area contributed by atoms with Gasteiger partial charge in [-0.1, -0.05) is 6.07 Å². The molecule has 0 fully saturated rings. The van der Waals surface area contributed by atoms with E-state index in [4.69, 9.17) is 16.7 Å². The van der Waals surface area contributed by atoms with E-state index >= 15 is 0 Å². The summed E-state index contributed by atoms with van der Waals surface area (Å²) in [7, 11) is -7.55. The molecule has 0 atom stereocenters. The van der Waals surface area contributed by atoms with Gasteiger partial charge in [-0.2, -0.15) is 0 Å². The highest BCUT2D eigenvalue weighted by molar-refractivity contribution is 7.93. The zero-order chi connectivity index (χ0) is 13.3. The number of alkyl halides is 1. The molecule has 1 aromatic carbocycles. The van der Waals surface area contributed by atoms with Crippen LogP contribution in [0.15, 0.2) is 23.1 Å². The molecule has 0 aliphatic heterocycles. The fourth-order valence-corrected chi connectivity index (χ4v) is 2.69. The van der Waals surface area contributed by atoms with Crippen molar-refractivity contribution in [1.29, 1.82) is 0 Å². The summed E-state index contributed by atoms with van der Waals surface area (Å²) in [6.07, 6.45) is 0. The van der Waals surface area contributed by atoms with Crippen molar-refractivity contribution in [3.05, 3.63) is 23.8 Å². The predicted octanol–water partition coefficient (Wildman–Crippen LogP) is 0.580. The molecule has 0 aliphatic rings. The van der Waals surface area contributed by atoms with Gasteiger partial charge in [0.2, 0.25) is 20.0 Å². The van der Waals surface area contributed by atoms with Crippen LogP contribution in [-0.2, 0) is 20.0 Å². The van der Waals surface area contributed by atoms with Crippen molar-refractivity contribution in [2.24, 2.45) is 5.14 Å². The lowest BCUT2D eigenvalue weighted by atomic mass is 10.2. The van der Waals surface area contributed by atoms with Gasteiger partial charge in [0.15, 0.2) is 0 Å². The molecule has 0 amide bonds. The fourth-order valence-electron chi connectivity index (χ4n) is 1.18. The predicted molar refractivity (Wildman–Crippen MR) is 65.8 cm³/mol. The smallest absolute Gasteiger partial charge is 0.246 e. The van der Waals surface area contributed by atoms with Crippen LogP contribution >= 0.6 is 11.6 Å². The first-order valence-electron chi connectivity index (χ1n) is 4.35. The highest BCUT2D eigenvalue weighted by Gasteiger charge is 2.14. The Hall–Kier alpha value is -0.830. The van der Waals surface area contributed by atoms with Gasteiger partial charge in [-0.25, -0.2) is 22.0 Å². The van der Waals surface area contributed by atoms with E-state index in [1.54, 1.807) is 6.92 Å². The second-order valence-electron chi connectivity index (χ2n) is 3.35. The zero-order valence-electron chi connectivity index (χ0n) is 8.84. The molecule has 0 aliphatic carbocycles. The van der Waals surface area contributed by atoms with Crippen molar-refractivity contribution >= 4 is 37.3 Å². The molecule has 0 spiro atoms. The van der Waals surface area contributed by atoms with Crippen molar-refractivity contribution in [2.75, 3.05) is 9.93 Å². The van der Waals surface area contributed by atoms with Crippen LogP contribution in [0.5, 0.6) is 0 Å². The molecule has 3 N–H and O–H groups in total. The molecule has 1 aromatic rings. The van der Waals surface area contributed by atoms with Crippen LogP contribution in [0.3, 0.4) is 0 Å². The average Bonchev–Trinajstić information content (AvgIpc) is 2.19. The van der Waals surface area contributed by atoms with Crippen LogP contribution < -0.4 is 9.86 Å². The number of aryl methyl sites for hydroxylation is 1. The van der Waals surface area contributed by atoms with Gasteiger partial charge in [0.1, 0.15) is 5.21 Å². The van der Waals surface area contributed by atoms with E-state index in [9.17, 15) is 16.8 Å². The summed E-state index contributed by atoms with van der Waals surface area (Å²) in [6.45, 7) is 1.56. The zero-order valence-corrected chi connectivity index (χ0v) is 11.2. The molecule has 96 valence electrons.